The second-order valence-electron chi connectivity index (χ2n) is 12.8. The van der Waals surface area contributed by atoms with Crippen LogP contribution in [0.4, 0.5) is 15.3 Å². The van der Waals surface area contributed by atoms with Gasteiger partial charge in [-0.25, -0.2) is 4.79 Å². The van der Waals surface area contributed by atoms with Gasteiger partial charge in [-0.2, -0.15) is 0 Å². The van der Waals surface area contributed by atoms with Crippen LogP contribution in [0.25, 0.3) is 0 Å². The average molecular weight is 664 g/mol. The first kappa shape index (κ1) is 31.7. The molecule has 3 fully saturated rings. The van der Waals surface area contributed by atoms with Crippen LogP contribution in [-0.4, -0.2) is 113 Å². The highest BCUT2D eigenvalue weighted by Crippen LogP contribution is 2.46. The highest BCUT2D eigenvalue weighted by molar-refractivity contribution is 7.08. The van der Waals surface area contributed by atoms with E-state index in [9.17, 15) is 19.5 Å². The first-order valence-corrected chi connectivity index (χ1v) is 17.1. The number of likely N-dealkylation sites (N-methyl/N-ethyl adjacent to an activating group) is 1. The summed E-state index contributed by atoms with van der Waals surface area (Å²) in [5.74, 6) is 0. The van der Waals surface area contributed by atoms with E-state index in [1.54, 1.807) is 29.5 Å². The summed E-state index contributed by atoms with van der Waals surface area (Å²) in [6, 6.07) is 5.16. The summed E-state index contributed by atoms with van der Waals surface area (Å²) in [4.78, 5) is 48.5. The maximum atomic E-state index is 13.5. The highest BCUT2D eigenvalue weighted by Gasteiger charge is 2.61. The van der Waals surface area contributed by atoms with E-state index in [1.165, 1.54) is 0 Å². The zero-order valence-corrected chi connectivity index (χ0v) is 27.4. The molecule has 3 saturated heterocycles. The van der Waals surface area contributed by atoms with Gasteiger partial charge in [-0.15, -0.1) is 11.3 Å². The van der Waals surface area contributed by atoms with Crippen LogP contribution in [0.2, 0.25) is 10.0 Å². The number of hydrogen-bond acceptors (Lipinski definition) is 8. The number of piperidine rings is 2. The number of aldehydes is 1. The number of carbonyl (C=O) groups excluding carboxylic acids is 3. The molecular formula is C31H40Cl2N6O4S. The van der Waals surface area contributed by atoms with Crippen molar-refractivity contribution in [3.05, 3.63) is 50.1 Å². The van der Waals surface area contributed by atoms with E-state index in [0.29, 0.717) is 54.1 Å². The minimum Gasteiger partial charge on any atom is -0.498 e. The lowest BCUT2D eigenvalue weighted by Gasteiger charge is -2.62. The molecule has 0 aliphatic carbocycles. The van der Waals surface area contributed by atoms with E-state index in [2.05, 4.69) is 27.1 Å². The van der Waals surface area contributed by atoms with E-state index in [-0.39, 0.29) is 31.6 Å². The number of piperazine rings is 1. The van der Waals surface area contributed by atoms with Crippen molar-refractivity contribution in [3.8, 4) is 0 Å². The Hall–Kier alpha value is -2.25. The molecule has 1 aromatic heterocycles. The van der Waals surface area contributed by atoms with Crippen LogP contribution in [0.15, 0.2) is 29.0 Å². The number of benzene rings is 1. The number of carboxylic acid groups (broad SMARTS) is 1. The van der Waals surface area contributed by atoms with E-state index >= 15 is 0 Å². The molecule has 0 spiro atoms. The normalized spacial score (nSPS) is 29.3. The number of fused-ring (bicyclic) bond motifs is 1. The van der Waals surface area contributed by atoms with Gasteiger partial charge in [0, 0.05) is 80.7 Å². The fraction of sp³-hybridized carbons (Fsp3) is 0.581. The van der Waals surface area contributed by atoms with Crippen LogP contribution < -0.4 is 10.4 Å². The molecule has 10 nitrogen and oxygen atoms in total. The van der Waals surface area contributed by atoms with Crippen LogP contribution >= 0.6 is 34.5 Å². The quantitative estimate of drug-likeness (QED) is 0.354. The Kier molecular flexibility index (Phi) is 9.27. The second-order valence-corrected chi connectivity index (χ2v) is 14.3. The third-order valence-corrected chi connectivity index (χ3v) is 12.1. The summed E-state index contributed by atoms with van der Waals surface area (Å²) in [6.45, 7) is 6.20. The minimum absolute atomic E-state index is 0.0110. The van der Waals surface area contributed by atoms with Gasteiger partial charge in [0.15, 0.2) is 5.66 Å². The van der Waals surface area contributed by atoms with Crippen molar-refractivity contribution in [2.75, 3.05) is 58.2 Å². The Morgan fingerprint density at radius 3 is 2.52 bits per heavy atom. The van der Waals surface area contributed by atoms with Crippen molar-refractivity contribution < 1.29 is 24.0 Å². The van der Waals surface area contributed by atoms with Gasteiger partial charge in [0.05, 0.1) is 35.2 Å². The number of quaternary nitrogens is 1. The lowest BCUT2D eigenvalue weighted by molar-refractivity contribution is -0.956. The number of rotatable bonds is 7. The summed E-state index contributed by atoms with van der Waals surface area (Å²) in [6.07, 6.45) is 2.22. The Bertz CT molecular complexity index is 1390. The summed E-state index contributed by atoms with van der Waals surface area (Å²) >= 11 is 14.1. The van der Waals surface area contributed by atoms with Crippen molar-refractivity contribution in [1.29, 1.82) is 0 Å². The van der Waals surface area contributed by atoms with Gasteiger partial charge in [-0.1, -0.05) is 29.3 Å². The fourth-order valence-electron chi connectivity index (χ4n) is 8.05. The van der Waals surface area contributed by atoms with E-state index in [4.69, 9.17) is 23.2 Å². The largest absolute Gasteiger partial charge is 0.498 e. The van der Waals surface area contributed by atoms with E-state index in [1.807, 2.05) is 15.7 Å². The number of hydrogen-bond donors (Lipinski definition) is 1. The number of nitrogens with one attached hydrogen (secondary N) is 1. The zero-order chi connectivity index (χ0) is 31.1. The first-order valence-electron chi connectivity index (χ1n) is 15.4. The molecule has 0 saturated carbocycles. The Morgan fingerprint density at radius 2 is 1.84 bits per heavy atom. The standard InChI is InChI=1S/C31H40Cl2N6O4S/c1-35-10-12-36(13-11-35)24-4-8-37(9-5-24)31(7-15-40)17-25(38-18-23-20-44-21-28(23)34-29(38)41)6-14-39(31,30(42)43)19-22-2-3-26(32)27(33)16-22/h2-3,15-16,20-21,24-25H,4-14,17-19H2,1H3,(H-,34,41,42,43)/t25?,31?,39-/m0/s1. The SMILES string of the molecule is CN1CCN(C2CCN(C3(CC=O)CC(N4Cc5cscc5NC4=O)CC[N@+]3(Cc3ccc(Cl)c(Cl)c3)C(=O)[O-])CC2)CC1. The van der Waals surface area contributed by atoms with Gasteiger partial charge in [0.2, 0.25) is 0 Å². The molecule has 13 heteroatoms. The lowest BCUT2D eigenvalue weighted by atomic mass is 9.81. The van der Waals surface area contributed by atoms with Crippen LogP contribution in [0.3, 0.4) is 0 Å². The van der Waals surface area contributed by atoms with Crippen LogP contribution in [0.5, 0.6) is 0 Å². The Labute approximate surface area is 272 Å². The zero-order valence-electron chi connectivity index (χ0n) is 25.1. The van der Waals surface area contributed by atoms with Gasteiger partial charge in [-0.05, 0) is 37.4 Å². The molecule has 2 unspecified atom stereocenters. The number of amides is 3. The molecule has 3 atom stereocenters. The van der Waals surface area contributed by atoms with Crippen molar-refractivity contribution >= 4 is 58.6 Å². The molecular weight excluding hydrogens is 623 g/mol. The Morgan fingerprint density at radius 1 is 1.09 bits per heavy atom. The molecule has 5 heterocycles. The van der Waals surface area contributed by atoms with Crippen molar-refractivity contribution in [2.24, 2.45) is 0 Å². The van der Waals surface area contributed by atoms with Gasteiger partial charge in [0.25, 0.3) is 6.09 Å². The second kappa shape index (κ2) is 12.9. The van der Waals surface area contributed by atoms with Crippen LogP contribution in [-0.2, 0) is 17.9 Å². The first-order chi connectivity index (χ1) is 21.2. The predicted molar refractivity (Wildman–Crippen MR) is 170 cm³/mol. The smallest absolute Gasteiger partial charge is 0.322 e. The number of halogens is 2. The molecule has 4 aliphatic heterocycles. The monoisotopic (exact) mass is 662 g/mol. The third-order valence-electron chi connectivity index (χ3n) is 10.5. The average Bonchev–Trinajstić information content (AvgIpc) is 3.47. The van der Waals surface area contributed by atoms with Gasteiger partial charge in [0.1, 0.15) is 12.8 Å². The molecule has 6 rings (SSSR count). The fourth-order valence-corrected chi connectivity index (χ4v) is 9.15. The summed E-state index contributed by atoms with van der Waals surface area (Å²) in [7, 11) is 2.15. The summed E-state index contributed by atoms with van der Waals surface area (Å²) in [5.41, 5.74) is 1.48. The third kappa shape index (κ3) is 5.77. The van der Waals surface area contributed by atoms with Crippen molar-refractivity contribution in [1.82, 2.24) is 19.6 Å². The molecule has 1 aromatic carbocycles. The van der Waals surface area contributed by atoms with Gasteiger partial charge >= 0.3 is 6.03 Å². The van der Waals surface area contributed by atoms with Crippen LogP contribution in [0, 0.1) is 0 Å². The number of thiophene rings is 1. The van der Waals surface area contributed by atoms with Gasteiger partial charge in [-0.3, -0.25) is 14.3 Å². The van der Waals surface area contributed by atoms with Crippen molar-refractivity contribution in [2.45, 2.75) is 62.9 Å². The van der Waals surface area contributed by atoms with Crippen LogP contribution in [0.1, 0.15) is 43.2 Å². The number of carbonyl (C=O) groups is 3. The molecule has 1 N–H and O–H groups in total. The molecule has 0 radical (unpaired) electrons. The molecule has 0 bridgehead atoms. The molecule has 3 amide bonds. The Balaban J connectivity index is 1.35. The summed E-state index contributed by atoms with van der Waals surface area (Å²) in [5, 5.41) is 21.3. The lowest BCUT2D eigenvalue weighted by Crippen LogP contribution is -2.80. The molecule has 4 aliphatic rings. The molecule has 44 heavy (non-hydrogen) atoms. The minimum atomic E-state index is -1.22. The number of likely N-dealkylation sites (tertiary alicyclic amines) is 2. The van der Waals surface area contributed by atoms with E-state index < -0.39 is 16.2 Å². The maximum Gasteiger partial charge on any atom is 0.322 e. The molecule has 238 valence electrons. The number of nitrogens with zero attached hydrogens (tertiary/aromatic N) is 5. The highest BCUT2D eigenvalue weighted by atomic mass is 35.5. The van der Waals surface area contributed by atoms with Gasteiger partial charge < -0.3 is 29.8 Å². The summed E-state index contributed by atoms with van der Waals surface area (Å²) < 4.78 is -0.432. The number of urea groups is 1. The van der Waals surface area contributed by atoms with Crippen molar-refractivity contribution in [3.63, 3.8) is 0 Å². The molecule has 2 aromatic rings. The predicted octanol–water partition coefficient (Wildman–Crippen LogP) is 3.92. The topological polar surface area (TPSA) is 99.3 Å². The number of anilines is 1. The maximum absolute atomic E-state index is 13.5. The van der Waals surface area contributed by atoms with E-state index in [0.717, 1.165) is 56.6 Å².